The topological polar surface area (TPSA) is 17.1 Å². The summed E-state index contributed by atoms with van der Waals surface area (Å²) in [5.74, 6) is 0. The minimum atomic E-state index is 0.750. The molecule has 0 aliphatic heterocycles. The fourth-order valence-corrected chi connectivity index (χ4v) is 0. The minimum absolute atomic E-state index is 0.750. The van der Waals surface area contributed by atoms with Crippen LogP contribution < -0.4 is 0 Å². The van der Waals surface area contributed by atoms with Gasteiger partial charge in [-0.25, -0.2) is 0 Å². The van der Waals surface area contributed by atoms with Gasteiger partial charge in [0.25, 0.3) is 0 Å². The zero-order chi connectivity index (χ0) is 4.00. The molecule has 2 heteroatoms. The third-order valence-electron chi connectivity index (χ3n) is 0. The summed E-state index contributed by atoms with van der Waals surface area (Å²) in [5.41, 5.74) is 0. The molecule has 0 saturated heterocycles. The van der Waals surface area contributed by atoms with Crippen molar-refractivity contribution in [2.45, 2.75) is 6.92 Å². The number of hydrogen-bond acceptors (Lipinski definition) is 1. The first-order valence-electron chi connectivity index (χ1n) is 0.911. The molecule has 0 heterocycles. The Bertz CT molecular complexity index is 6.00. The van der Waals surface area contributed by atoms with Crippen molar-refractivity contribution in [3.8, 4) is 0 Å². The summed E-state index contributed by atoms with van der Waals surface area (Å²) in [6, 6.07) is 0. The van der Waals surface area contributed by atoms with Crippen LogP contribution in [0, 0.1) is 6.92 Å². The Balaban J connectivity index is 0. The SMILES string of the molecule is [CH2]C.[O]=[Ti]. The van der Waals surface area contributed by atoms with E-state index in [1.54, 1.807) is 6.92 Å². The van der Waals surface area contributed by atoms with E-state index >= 15 is 0 Å². The molecular formula is C2H5OTi. The molecule has 1 nitrogen and oxygen atoms in total. The molecule has 0 saturated carbocycles. The van der Waals surface area contributed by atoms with Gasteiger partial charge in [-0.3, -0.25) is 0 Å². The molecule has 0 rings (SSSR count). The van der Waals surface area contributed by atoms with Gasteiger partial charge in [0.2, 0.25) is 0 Å². The van der Waals surface area contributed by atoms with Crippen LogP contribution >= 0.6 is 0 Å². The Hall–Kier alpha value is 0.514. The van der Waals surface area contributed by atoms with E-state index < -0.39 is 0 Å². The zero-order valence-corrected chi connectivity index (χ0v) is 4.18. The summed E-state index contributed by atoms with van der Waals surface area (Å²) in [5, 5.41) is 0. The molecule has 0 bridgehead atoms. The van der Waals surface area contributed by atoms with Gasteiger partial charge >= 0.3 is 23.7 Å². The quantitative estimate of drug-likeness (QED) is 0.403. The van der Waals surface area contributed by atoms with Crippen molar-refractivity contribution >= 4 is 0 Å². The molecule has 0 spiro atoms. The Kier molecular flexibility index (Phi) is 185. The summed E-state index contributed by atoms with van der Waals surface area (Å²) in [6.07, 6.45) is 0. The van der Waals surface area contributed by atoms with E-state index in [4.69, 9.17) is 3.32 Å². The maximum absolute atomic E-state index is 8.25. The Morgan fingerprint density at radius 3 is 1.50 bits per heavy atom. The monoisotopic (exact) mass is 93.0 g/mol. The molecule has 4 heavy (non-hydrogen) atoms. The molecule has 23 valence electrons. The summed E-state index contributed by atoms with van der Waals surface area (Å²) < 4.78 is 8.25. The third kappa shape index (κ3) is 21.8. The van der Waals surface area contributed by atoms with Gasteiger partial charge in [0.15, 0.2) is 0 Å². The molecule has 0 aromatic rings. The van der Waals surface area contributed by atoms with Crippen molar-refractivity contribution in [1.29, 1.82) is 0 Å². The fraction of sp³-hybridized carbons (Fsp3) is 0.500. The molecular weight excluding hydrogens is 87.9 g/mol. The molecule has 0 aromatic carbocycles. The Labute approximate surface area is 38.1 Å². The van der Waals surface area contributed by atoms with Crippen molar-refractivity contribution in [2.75, 3.05) is 0 Å². The van der Waals surface area contributed by atoms with Crippen molar-refractivity contribution < 1.29 is 23.7 Å². The molecule has 0 aliphatic rings. The standard InChI is InChI=1S/C2H5.O.Ti/c1-2;;/h1H2,2H3;;. The molecule has 0 N–H and O–H groups in total. The summed E-state index contributed by atoms with van der Waals surface area (Å²) in [4.78, 5) is 0. The summed E-state index contributed by atoms with van der Waals surface area (Å²) >= 11 is 0.750. The van der Waals surface area contributed by atoms with E-state index in [-0.39, 0.29) is 0 Å². The van der Waals surface area contributed by atoms with Gasteiger partial charge in [-0.05, 0) is 0 Å². The fourth-order valence-electron chi connectivity index (χ4n) is 0. The van der Waals surface area contributed by atoms with E-state index in [9.17, 15) is 0 Å². The molecule has 0 aliphatic carbocycles. The van der Waals surface area contributed by atoms with Gasteiger partial charge in [-0.1, -0.05) is 13.8 Å². The Morgan fingerprint density at radius 1 is 1.50 bits per heavy atom. The average Bonchev–Trinajstić information content (AvgIpc) is 1.50. The van der Waals surface area contributed by atoms with Gasteiger partial charge in [-0.15, -0.1) is 0 Å². The van der Waals surface area contributed by atoms with E-state index in [0.717, 1.165) is 20.4 Å². The van der Waals surface area contributed by atoms with Gasteiger partial charge < -0.3 is 0 Å². The van der Waals surface area contributed by atoms with Gasteiger partial charge in [0.05, 0.1) is 0 Å². The second kappa shape index (κ2) is 84.0. The van der Waals surface area contributed by atoms with Crippen LogP contribution in [0.4, 0.5) is 0 Å². The zero-order valence-electron chi connectivity index (χ0n) is 2.62. The number of rotatable bonds is 0. The second-order valence-corrected chi connectivity index (χ2v) is 0. The van der Waals surface area contributed by atoms with Crippen LogP contribution in [0.3, 0.4) is 0 Å². The van der Waals surface area contributed by atoms with Crippen LogP contribution in [-0.4, -0.2) is 0 Å². The first-order chi connectivity index (χ1) is 2.00. The molecule has 0 atom stereocenters. The number of hydrogen-bond donors (Lipinski definition) is 0. The normalized spacial score (nSPS) is 2.25. The summed E-state index contributed by atoms with van der Waals surface area (Å²) in [6.45, 7) is 5.00. The van der Waals surface area contributed by atoms with Crippen LogP contribution in [0.25, 0.3) is 0 Å². The van der Waals surface area contributed by atoms with E-state index in [1.807, 2.05) is 0 Å². The third-order valence-corrected chi connectivity index (χ3v) is 0. The second-order valence-electron chi connectivity index (χ2n) is 0. The van der Waals surface area contributed by atoms with Gasteiger partial charge in [-0.2, -0.15) is 0 Å². The van der Waals surface area contributed by atoms with Crippen molar-refractivity contribution in [3.05, 3.63) is 6.92 Å². The first-order valence-corrected chi connectivity index (χ1v) is 1.55. The van der Waals surface area contributed by atoms with Crippen molar-refractivity contribution in [2.24, 2.45) is 0 Å². The average molecular weight is 92.9 g/mol. The van der Waals surface area contributed by atoms with Gasteiger partial charge in [0.1, 0.15) is 0 Å². The molecule has 0 amide bonds. The predicted molar refractivity (Wildman–Crippen MR) is 11.7 cm³/mol. The maximum atomic E-state index is 8.25. The Morgan fingerprint density at radius 2 is 1.50 bits per heavy atom. The van der Waals surface area contributed by atoms with E-state index in [2.05, 4.69) is 6.92 Å². The van der Waals surface area contributed by atoms with E-state index in [1.165, 1.54) is 0 Å². The van der Waals surface area contributed by atoms with Crippen molar-refractivity contribution in [1.82, 2.24) is 0 Å². The summed E-state index contributed by atoms with van der Waals surface area (Å²) in [7, 11) is 0. The van der Waals surface area contributed by atoms with Crippen LogP contribution in [0.2, 0.25) is 0 Å². The van der Waals surface area contributed by atoms with E-state index in [0.29, 0.717) is 0 Å². The van der Waals surface area contributed by atoms with Crippen LogP contribution in [0.15, 0.2) is 0 Å². The van der Waals surface area contributed by atoms with Gasteiger partial charge in [0, 0.05) is 0 Å². The predicted octanol–water partition coefficient (Wildman–Crippen LogP) is 0.719. The molecule has 0 unspecified atom stereocenters. The van der Waals surface area contributed by atoms with Crippen LogP contribution in [0.5, 0.6) is 0 Å². The van der Waals surface area contributed by atoms with Crippen LogP contribution in [-0.2, 0) is 23.7 Å². The van der Waals surface area contributed by atoms with Crippen molar-refractivity contribution in [3.63, 3.8) is 0 Å². The first kappa shape index (κ1) is 8.82. The molecule has 0 aromatic heterocycles. The molecule has 1 radical (unpaired) electrons. The van der Waals surface area contributed by atoms with Crippen LogP contribution in [0.1, 0.15) is 6.92 Å². The molecule has 0 fully saturated rings.